The van der Waals surface area contributed by atoms with E-state index in [0.717, 1.165) is 36.7 Å². The van der Waals surface area contributed by atoms with E-state index in [9.17, 15) is 8.42 Å². The number of aliphatic imine (C=N–C) groups is 1. The molecule has 0 atom stereocenters. The van der Waals surface area contributed by atoms with Gasteiger partial charge in [-0.1, -0.05) is 30.7 Å². The van der Waals surface area contributed by atoms with E-state index in [4.69, 9.17) is 4.99 Å². The first kappa shape index (κ1) is 21.5. The Morgan fingerprint density at radius 3 is 2.35 bits per heavy atom. The zero-order valence-electron chi connectivity index (χ0n) is 15.7. The topological polar surface area (TPSA) is 61.8 Å². The van der Waals surface area contributed by atoms with Crippen LogP contribution in [0.5, 0.6) is 0 Å². The Bertz CT molecular complexity index is 728. The van der Waals surface area contributed by atoms with Crippen LogP contribution in [0.15, 0.2) is 29.3 Å². The first-order valence-electron chi connectivity index (χ1n) is 9.18. The fourth-order valence-electron chi connectivity index (χ4n) is 3.84. The van der Waals surface area contributed by atoms with Crippen LogP contribution < -0.4 is 5.32 Å². The molecule has 3 rings (SSSR count). The number of rotatable bonds is 5. The van der Waals surface area contributed by atoms with Gasteiger partial charge >= 0.3 is 0 Å². The maximum absolute atomic E-state index is 11.4. The third-order valence-corrected chi connectivity index (χ3v) is 6.21. The average Bonchev–Trinajstić information content (AvgIpc) is 2.97. The first-order chi connectivity index (χ1) is 11.9. The highest BCUT2D eigenvalue weighted by molar-refractivity contribution is 14.0. The minimum absolute atomic E-state index is 0. The van der Waals surface area contributed by atoms with E-state index in [1.807, 2.05) is 24.3 Å². The van der Waals surface area contributed by atoms with E-state index in [2.05, 4.69) is 17.1 Å². The summed E-state index contributed by atoms with van der Waals surface area (Å²) in [4.78, 5) is 7.21. The zero-order chi connectivity index (χ0) is 17.9. The van der Waals surface area contributed by atoms with Crippen LogP contribution in [-0.4, -0.2) is 45.2 Å². The molecule has 1 spiro atoms. The zero-order valence-corrected chi connectivity index (χ0v) is 18.8. The summed E-state index contributed by atoms with van der Waals surface area (Å²) in [7, 11) is -2.99. The quantitative estimate of drug-likeness (QED) is 0.391. The Balaban J connectivity index is 0.00000243. The van der Waals surface area contributed by atoms with Gasteiger partial charge in [0, 0.05) is 25.9 Å². The highest BCUT2D eigenvalue weighted by Crippen LogP contribution is 2.47. The summed E-state index contributed by atoms with van der Waals surface area (Å²) >= 11 is 0. The van der Waals surface area contributed by atoms with Crippen molar-refractivity contribution in [3.05, 3.63) is 35.4 Å². The van der Waals surface area contributed by atoms with Crippen molar-refractivity contribution < 1.29 is 8.42 Å². The van der Waals surface area contributed by atoms with Gasteiger partial charge in [-0.15, -0.1) is 24.0 Å². The predicted molar refractivity (Wildman–Crippen MR) is 118 cm³/mol. The van der Waals surface area contributed by atoms with Gasteiger partial charge in [-0.3, -0.25) is 0 Å². The molecule has 0 unspecified atom stereocenters. The van der Waals surface area contributed by atoms with Gasteiger partial charge in [-0.2, -0.15) is 0 Å². The predicted octanol–water partition coefficient (Wildman–Crippen LogP) is 3.19. The van der Waals surface area contributed by atoms with E-state index in [-0.39, 0.29) is 29.7 Å². The molecule has 2 aliphatic rings. The largest absolute Gasteiger partial charge is 0.357 e. The van der Waals surface area contributed by atoms with Gasteiger partial charge in [0.2, 0.25) is 0 Å². The van der Waals surface area contributed by atoms with E-state index in [1.165, 1.54) is 31.9 Å². The van der Waals surface area contributed by atoms with Crippen LogP contribution in [0.2, 0.25) is 0 Å². The normalized spacial score (nSPS) is 19.2. The second kappa shape index (κ2) is 8.91. The Morgan fingerprint density at radius 2 is 1.85 bits per heavy atom. The molecular weight excluding hydrogens is 461 g/mol. The Morgan fingerprint density at radius 1 is 1.19 bits per heavy atom. The molecule has 0 aromatic heterocycles. The second-order valence-electron chi connectivity index (χ2n) is 7.58. The minimum Gasteiger partial charge on any atom is -0.357 e. The third kappa shape index (κ3) is 5.58. The molecule has 7 heteroatoms. The third-order valence-electron chi connectivity index (χ3n) is 5.35. The smallest absolute Gasteiger partial charge is 0.194 e. The standard InChI is InChI=1S/C19H29N3O2S.HI/c1-3-20-18(22-12-11-19(15-22)9-4-10-19)21-13-16-5-7-17(8-6-16)14-25(2,23)24;/h5-8H,3-4,9-15H2,1-2H3,(H,20,21);1H. The molecule has 5 nitrogen and oxygen atoms in total. The lowest BCUT2D eigenvalue weighted by Gasteiger charge is -2.38. The van der Waals surface area contributed by atoms with Gasteiger partial charge in [-0.05, 0) is 42.7 Å². The van der Waals surface area contributed by atoms with Crippen LogP contribution in [0, 0.1) is 5.41 Å². The SMILES string of the molecule is CCNC(=NCc1ccc(CS(C)(=O)=O)cc1)N1CCC2(CCC2)C1.I. The van der Waals surface area contributed by atoms with Crippen molar-refractivity contribution in [3.8, 4) is 0 Å². The molecule has 0 bridgehead atoms. The lowest BCUT2D eigenvalue weighted by Crippen LogP contribution is -2.42. The van der Waals surface area contributed by atoms with E-state index < -0.39 is 9.84 Å². The van der Waals surface area contributed by atoms with Gasteiger partial charge in [0.05, 0.1) is 12.3 Å². The van der Waals surface area contributed by atoms with Crippen molar-refractivity contribution in [2.45, 2.75) is 44.9 Å². The van der Waals surface area contributed by atoms with Crippen LogP contribution >= 0.6 is 24.0 Å². The minimum atomic E-state index is -2.99. The summed E-state index contributed by atoms with van der Waals surface area (Å²) in [5.74, 6) is 1.10. The number of guanidine groups is 1. The molecule has 1 saturated carbocycles. The number of hydrogen-bond acceptors (Lipinski definition) is 3. The Hall–Kier alpha value is -0.830. The van der Waals surface area contributed by atoms with Gasteiger partial charge < -0.3 is 10.2 Å². The molecule has 1 N–H and O–H groups in total. The molecule has 2 fully saturated rings. The summed E-state index contributed by atoms with van der Waals surface area (Å²) in [5, 5.41) is 3.42. The molecule has 0 amide bonds. The number of nitrogens with zero attached hydrogens (tertiary/aromatic N) is 2. The maximum atomic E-state index is 11.4. The van der Waals surface area contributed by atoms with Gasteiger partial charge in [-0.25, -0.2) is 13.4 Å². The summed E-state index contributed by atoms with van der Waals surface area (Å²) < 4.78 is 22.7. The fraction of sp³-hybridized carbons (Fsp3) is 0.632. The molecule has 1 heterocycles. The fourth-order valence-corrected chi connectivity index (χ4v) is 4.63. The van der Waals surface area contributed by atoms with Crippen LogP contribution in [0.1, 0.15) is 43.7 Å². The van der Waals surface area contributed by atoms with Crippen molar-refractivity contribution in [1.29, 1.82) is 0 Å². The number of sulfone groups is 1. The number of halogens is 1. The average molecular weight is 491 g/mol. The highest BCUT2D eigenvalue weighted by atomic mass is 127. The maximum Gasteiger partial charge on any atom is 0.194 e. The van der Waals surface area contributed by atoms with E-state index >= 15 is 0 Å². The van der Waals surface area contributed by atoms with Crippen molar-refractivity contribution >= 4 is 39.8 Å². The van der Waals surface area contributed by atoms with E-state index in [0.29, 0.717) is 12.0 Å². The molecule has 1 aliphatic heterocycles. The number of benzene rings is 1. The highest BCUT2D eigenvalue weighted by Gasteiger charge is 2.43. The monoisotopic (exact) mass is 491 g/mol. The van der Waals surface area contributed by atoms with E-state index in [1.54, 1.807) is 0 Å². The van der Waals surface area contributed by atoms with Crippen molar-refractivity contribution in [2.75, 3.05) is 25.9 Å². The summed E-state index contributed by atoms with van der Waals surface area (Å²) in [5.41, 5.74) is 2.49. The molecular formula is C19H30IN3O2S. The first-order valence-corrected chi connectivity index (χ1v) is 11.2. The Labute approximate surface area is 174 Å². The Kier molecular flexibility index (Phi) is 7.35. The molecule has 1 saturated heterocycles. The van der Waals surface area contributed by atoms with Gasteiger partial charge in [0.15, 0.2) is 15.8 Å². The lowest BCUT2D eigenvalue weighted by atomic mass is 9.68. The van der Waals surface area contributed by atoms with Gasteiger partial charge in [0.25, 0.3) is 0 Å². The second-order valence-corrected chi connectivity index (χ2v) is 9.72. The van der Waals surface area contributed by atoms with Crippen LogP contribution in [0.25, 0.3) is 0 Å². The molecule has 1 aromatic carbocycles. The summed E-state index contributed by atoms with van der Waals surface area (Å²) in [6, 6.07) is 7.73. The molecule has 0 radical (unpaired) electrons. The molecule has 146 valence electrons. The molecule has 1 aliphatic carbocycles. The van der Waals surface area contributed by atoms with Crippen molar-refractivity contribution in [3.63, 3.8) is 0 Å². The summed E-state index contributed by atoms with van der Waals surface area (Å²) in [6.07, 6.45) is 6.66. The van der Waals surface area contributed by atoms with Crippen molar-refractivity contribution in [2.24, 2.45) is 10.4 Å². The number of likely N-dealkylation sites (tertiary alicyclic amines) is 1. The van der Waals surface area contributed by atoms with Gasteiger partial charge in [0.1, 0.15) is 0 Å². The van der Waals surface area contributed by atoms with Crippen molar-refractivity contribution in [1.82, 2.24) is 10.2 Å². The number of nitrogens with one attached hydrogen (secondary N) is 1. The molecule has 1 aromatic rings. The van der Waals surface area contributed by atoms with Crippen LogP contribution in [0.4, 0.5) is 0 Å². The van der Waals surface area contributed by atoms with Crippen LogP contribution in [-0.2, 0) is 22.1 Å². The number of hydrogen-bond donors (Lipinski definition) is 1. The van der Waals surface area contributed by atoms with Crippen LogP contribution in [0.3, 0.4) is 0 Å². The summed E-state index contributed by atoms with van der Waals surface area (Å²) in [6.45, 7) is 5.82. The lowest BCUT2D eigenvalue weighted by molar-refractivity contribution is 0.151. The molecule has 26 heavy (non-hydrogen) atoms.